The highest BCUT2D eigenvalue weighted by atomic mass is 16.5. The van der Waals surface area contributed by atoms with Crippen molar-refractivity contribution in [2.45, 2.75) is 26.8 Å². The molecule has 3 rings (SSSR count). The van der Waals surface area contributed by atoms with E-state index < -0.39 is 0 Å². The van der Waals surface area contributed by atoms with Crippen LogP contribution in [0.2, 0.25) is 0 Å². The Morgan fingerprint density at radius 2 is 2.00 bits per heavy atom. The Bertz CT molecular complexity index is 587. The molecule has 5 heteroatoms. The van der Waals surface area contributed by atoms with Crippen molar-refractivity contribution in [1.82, 2.24) is 9.80 Å². The zero-order valence-electron chi connectivity index (χ0n) is 15.7. The van der Waals surface area contributed by atoms with Crippen LogP contribution >= 0.6 is 0 Å². The monoisotopic (exact) mass is 346 g/mol. The maximum atomic E-state index is 12.5. The van der Waals surface area contributed by atoms with Crippen molar-refractivity contribution in [2.24, 2.45) is 11.3 Å². The molecule has 1 aromatic carbocycles. The maximum absolute atomic E-state index is 12.5. The minimum absolute atomic E-state index is 0.0606. The van der Waals surface area contributed by atoms with E-state index in [0.717, 1.165) is 45.1 Å². The number of methoxy groups -OCH3 is 1. The molecule has 0 saturated carbocycles. The summed E-state index contributed by atoms with van der Waals surface area (Å²) < 4.78 is 11.1. The van der Waals surface area contributed by atoms with Crippen molar-refractivity contribution >= 4 is 5.91 Å². The van der Waals surface area contributed by atoms with Crippen LogP contribution in [0.25, 0.3) is 0 Å². The largest absolute Gasteiger partial charge is 0.497 e. The van der Waals surface area contributed by atoms with Gasteiger partial charge in [0.2, 0.25) is 5.91 Å². The van der Waals surface area contributed by atoms with Crippen molar-refractivity contribution < 1.29 is 14.3 Å². The Balaban J connectivity index is 1.67. The first kappa shape index (κ1) is 18.2. The highest BCUT2D eigenvalue weighted by molar-refractivity contribution is 5.79. The van der Waals surface area contributed by atoms with Crippen LogP contribution in [0.3, 0.4) is 0 Å². The first-order valence-corrected chi connectivity index (χ1v) is 9.20. The Morgan fingerprint density at radius 1 is 1.24 bits per heavy atom. The summed E-state index contributed by atoms with van der Waals surface area (Å²) in [6.45, 7) is 10.1. The van der Waals surface area contributed by atoms with Gasteiger partial charge in [0.25, 0.3) is 0 Å². The predicted molar refractivity (Wildman–Crippen MR) is 97.6 cm³/mol. The molecule has 138 valence electrons. The lowest BCUT2D eigenvalue weighted by Gasteiger charge is -2.31. The fourth-order valence-electron chi connectivity index (χ4n) is 4.00. The van der Waals surface area contributed by atoms with Crippen LogP contribution in [0.4, 0.5) is 0 Å². The topological polar surface area (TPSA) is 42.0 Å². The third-order valence-electron chi connectivity index (χ3n) is 5.08. The highest BCUT2D eigenvalue weighted by Crippen LogP contribution is 2.35. The molecule has 2 aliphatic rings. The molecule has 1 spiro atoms. The number of amides is 1. The van der Waals surface area contributed by atoms with E-state index in [1.165, 1.54) is 5.56 Å². The second kappa shape index (κ2) is 7.75. The summed E-state index contributed by atoms with van der Waals surface area (Å²) in [6.07, 6.45) is 0.610. The molecule has 2 fully saturated rings. The zero-order valence-corrected chi connectivity index (χ0v) is 15.7. The lowest BCUT2D eigenvalue weighted by molar-refractivity contribution is -0.128. The Morgan fingerprint density at radius 3 is 2.68 bits per heavy atom. The fraction of sp³-hybridized carbons (Fsp3) is 0.650. The maximum Gasteiger partial charge on any atom is 0.223 e. The summed E-state index contributed by atoms with van der Waals surface area (Å²) in [5, 5.41) is 0. The Labute approximate surface area is 150 Å². The molecule has 2 aliphatic heterocycles. The molecule has 0 aliphatic carbocycles. The second-order valence-corrected chi connectivity index (χ2v) is 7.96. The predicted octanol–water partition coefficient (Wildman–Crippen LogP) is 2.40. The van der Waals surface area contributed by atoms with E-state index in [1.807, 2.05) is 17.0 Å². The van der Waals surface area contributed by atoms with E-state index in [2.05, 4.69) is 30.9 Å². The van der Waals surface area contributed by atoms with Gasteiger partial charge in [0, 0.05) is 44.6 Å². The van der Waals surface area contributed by atoms with Crippen molar-refractivity contribution in [1.29, 1.82) is 0 Å². The smallest absolute Gasteiger partial charge is 0.223 e. The average Bonchev–Trinajstić information content (AvgIpc) is 2.74. The van der Waals surface area contributed by atoms with Crippen LogP contribution in [-0.2, 0) is 16.1 Å². The molecule has 2 saturated heterocycles. The first-order chi connectivity index (χ1) is 12.0. The number of benzene rings is 1. The van der Waals surface area contributed by atoms with Crippen molar-refractivity contribution in [3.8, 4) is 5.75 Å². The van der Waals surface area contributed by atoms with E-state index in [4.69, 9.17) is 9.47 Å². The van der Waals surface area contributed by atoms with Gasteiger partial charge in [0.15, 0.2) is 0 Å². The van der Waals surface area contributed by atoms with Crippen LogP contribution in [0.5, 0.6) is 5.75 Å². The molecule has 25 heavy (non-hydrogen) atoms. The quantitative estimate of drug-likeness (QED) is 0.821. The number of ether oxygens (including phenoxy) is 2. The Kier molecular flexibility index (Phi) is 5.64. The van der Waals surface area contributed by atoms with Crippen molar-refractivity contribution in [3.63, 3.8) is 0 Å². The highest BCUT2D eigenvalue weighted by Gasteiger charge is 2.45. The van der Waals surface area contributed by atoms with Gasteiger partial charge in [-0.1, -0.05) is 26.0 Å². The summed E-state index contributed by atoms with van der Waals surface area (Å²) in [5.74, 6) is 1.66. The number of nitrogens with zero attached hydrogens (tertiary/aromatic N) is 2. The number of rotatable bonds is 5. The molecule has 1 aromatic rings. The van der Waals surface area contributed by atoms with Gasteiger partial charge in [0.05, 0.1) is 20.3 Å². The first-order valence-electron chi connectivity index (χ1n) is 9.20. The van der Waals surface area contributed by atoms with Crippen LogP contribution in [0.1, 0.15) is 25.8 Å². The van der Waals surface area contributed by atoms with Gasteiger partial charge in [-0.05, 0) is 23.6 Å². The lowest BCUT2D eigenvalue weighted by Crippen LogP contribution is -2.41. The van der Waals surface area contributed by atoms with Crippen molar-refractivity contribution in [3.05, 3.63) is 29.8 Å². The number of likely N-dealkylation sites (tertiary alicyclic amines) is 1. The standard InChI is InChI=1S/C20H30N2O3/c1-16(2)11-22-14-20(10-19(22)23)13-21(8-9-25-15-20)12-17-4-6-18(24-3)7-5-17/h4-7,16H,8-15H2,1-3H3. The molecule has 1 atom stereocenters. The molecular formula is C20H30N2O3. The molecule has 1 amide bonds. The molecule has 0 aromatic heterocycles. The van der Waals surface area contributed by atoms with Crippen LogP contribution < -0.4 is 4.74 Å². The van der Waals surface area contributed by atoms with Gasteiger partial charge in [-0.2, -0.15) is 0 Å². The summed E-state index contributed by atoms with van der Waals surface area (Å²) in [6, 6.07) is 8.23. The van der Waals surface area contributed by atoms with E-state index >= 15 is 0 Å². The number of carbonyl (C=O) groups is 1. The van der Waals surface area contributed by atoms with E-state index in [-0.39, 0.29) is 11.3 Å². The molecule has 0 radical (unpaired) electrons. The van der Waals surface area contributed by atoms with Gasteiger partial charge in [-0.15, -0.1) is 0 Å². The SMILES string of the molecule is COc1ccc(CN2CCOCC3(CC(=O)N(CC(C)C)C3)C2)cc1. The third kappa shape index (κ3) is 4.53. The Hall–Kier alpha value is -1.59. The minimum Gasteiger partial charge on any atom is -0.497 e. The van der Waals surface area contributed by atoms with Gasteiger partial charge < -0.3 is 14.4 Å². The molecule has 1 unspecified atom stereocenters. The number of hydrogen-bond acceptors (Lipinski definition) is 4. The second-order valence-electron chi connectivity index (χ2n) is 7.96. The number of carbonyl (C=O) groups excluding carboxylic acids is 1. The molecule has 0 N–H and O–H groups in total. The average molecular weight is 346 g/mol. The summed E-state index contributed by atoms with van der Waals surface area (Å²) >= 11 is 0. The van der Waals surface area contributed by atoms with E-state index in [0.29, 0.717) is 18.9 Å². The molecule has 5 nitrogen and oxygen atoms in total. The normalized spacial score (nSPS) is 25.0. The van der Waals surface area contributed by atoms with Gasteiger partial charge in [-0.3, -0.25) is 9.69 Å². The van der Waals surface area contributed by atoms with Crippen molar-refractivity contribution in [2.75, 3.05) is 46.5 Å². The lowest BCUT2D eigenvalue weighted by atomic mass is 9.87. The summed E-state index contributed by atoms with van der Waals surface area (Å²) in [7, 11) is 1.69. The van der Waals surface area contributed by atoms with Gasteiger partial charge >= 0.3 is 0 Å². The minimum atomic E-state index is -0.0606. The fourth-order valence-corrected chi connectivity index (χ4v) is 4.00. The van der Waals surface area contributed by atoms with E-state index in [1.54, 1.807) is 7.11 Å². The van der Waals surface area contributed by atoms with E-state index in [9.17, 15) is 4.79 Å². The zero-order chi connectivity index (χ0) is 17.9. The molecular weight excluding hydrogens is 316 g/mol. The molecule has 2 heterocycles. The molecule has 0 bridgehead atoms. The van der Waals surface area contributed by atoms with Crippen LogP contribution in [0, 0.1) is 11.3 Å². The summed E-state index contributed by atoms with van der Waals surface area (Å²) in [5.41, 5.74) is 1.20. The third-order valence-corrected chi connectivity index (χ3v) is 5.08. The van der Waals surface area contributed by atoms with Crippen LogP contribution in [0.15, 0.2) is 24.3 Å². The van der Waals surface area contributed by atoms with Gasteiger partial charge in [0.1, 0.15) is 5.75 Å². The van der Waals surface area contributed by atoms with Gasteiger partial charge in [-0.25, -0.2) is 0 Å². The van der Waals surface area contributed by atoms with Crippen LogP contribution in [-0.4, -0.2) is 62.2 Å². The summed E-state index contributed by atoms with van der Waals surface area (Å²) in [4.78, 5) is 16.9. The number of hydrogen-bond donors (Lipinski definition) is 0.